The van der Waals surface area contributed by atoms with Gasteiger partial charge in [0.05, 0.1) is 21.9 Å². The summed E-state index contributed by atoms with van der Waals surface area (Å²) in [6.45, 7) is 13.2. The van der Waals surface area contributed by atoms with Gasteiger partial charge in [0.15, 0.2) is 0 Å². The van der Waals surface area contributed by atoms with Gasteiger partial charge in [-0.15, -0.1) is 0 Å². The molecule has 1 aromatic heterocycles. The molecule has 8 heteroatoms. The second kappa shape index (κ2) is 11.1. The molecule has 1 saturated carbocycles. The van der Waals surface area contributed by atoms with Crippen LogP contribution in [0.25, 0.3) is 0 Å². The summed E-state index contributed by atoms with van der Waals surface area (Å²) in [5.74, 6) is 0.947. The molecular weight excluding hydrogens is 605 g/mol. The van der Waals surface area contributed by atoms with E-state index in [9.17, 15) is 4.79 Å². The van der Waals surface area contributed by atoms with Gasteiger partial charge in [-0.2, -0.15) is 5.10 Å². The molecule has 1 heterocycles. The Morgan fingerprint density at radius 2 is 1.53 bits per heavy atom. The zero-order valence-electron chi connectivity index (χ0n) is 23.5. The van der Waals surface area contributed by atoms with Crippen molar-refractivity contribution in [3.05, 3.63) is 69.9 Å². The van der Waals surface area contributed by atoms with E-state index in [1.165, 1.54) is 17.5 Å². The number of rotatable bonds is 6. The fourth-order valence-electron chi connectivity index (χ4n) is 5.65. The monoisotopic (exact) mass is 645 g/mol. The normalized spacial score (nSPS) is 18.4. The van der Waals surface area contributed by atoms with Crippen LogP contribution in [0.4, 0.5) is 10.6 Å². The molecule has 1 N–H and O–H groups in total. The molecule has 6 nitrogen and oxygen atoms in total. The summed E-state index contributed by atoms with van der Waals surface area (Å²) in [5, 5.41) is 10.5. The number of amides is 1. The van der Waals surface area contributed by atoms with Gasteiger partial charge < -0.3 is 9.16 Å². The average Bonchev–Trinajstić information content (AvgIpc) is 3.47. The third-order valence-corrected chi connectivity index (χ3v) is 13.6. The highest BCUT2D eigenvalue weighted by molar-refractivity contribution is 14.1. The third-order valence-electron chi connectivity index (χ3n) is 7.43. The van der Waals surface area contributed by atoms with Gasteiger partial charge in [-0.3, -0.25) is 5.32 Å². The number of methoxy groups -OCH3 is 1. The summed E-state index contributed by atoms with van der Waals surface area (Å²) < 4.78 is 15.2. The minimum atomic E-state index is -2.62. The number of hydrogen-bond donors (Lipinski definition) is 1. The fourth-order valence-corrected chi connectivity index (χ4v) is 11.3. The minimum Gasteiger partial charge on any atom is -0.453 e. The van der Waals surface area contributed by atoms with Crippen LogP contribution in [-0.4, -0.2) is 37.4 Å². The number of carbonyl (C=O) groups excluding carboxylic acids is 1. The number of ether oxygens (including phenoxy) is 1. The van der Waals surface area contributed by atoms with Crippen LogP contribution in [0.2, 0.25) is 5.04 Å². The number of benzene rings is 2. The van der Waals surface area contributed by atoms with Crippen LogP contribution in [-0.2, 0) is 14.7 Å². The molecule has 38 heavy (non-hydrogen) atoms. The van der Waals surface area contributed by atoms with Gasteiger partial charge in [0, 0.05) is 12.0 Å². The third kappa shape index (κ3) is 5.58. The van der Waals surface area contributed by atoms with Crippen LogP contribution in [0.5, 0.6) is 0 Å². The van der Waals surface area contributed by atoms with Gasteiger partial charge in [-0.1, -0.05) is 81.4 Å². The molecule has 0 unspecified atom stereocenters. The van der Waals surface area contributed by atoms with E-state index in [1.807, 2.05) is 4.68 Å². The Hall–Kier alpha value is -2.17. The molecule has 204 valence electrons. The van der Waals surface area contributed by atoms with Crippen molar-refractivity contribution in [2.75, 3.05) is 12.4 Å². The predicted octanol–water partition coefficient (Wildman–Crippen LogP) is 6.63. The molecule has 0 saturated heterocycles. The van der Waals surface area contributed by atoms with E-state index in [0.717, 1.165) is 28.5 Å². The quantitative estimate of drug-likeness (QED) is 0.242. The van der Waals surface area contributed by atoms with E-state index in [0.29, 0.717) is 5.82 Å². The van der Waals surface area contributed by atoms with Crippen molar-refractivity contribution in [2.45, 2.75) is 83.4 Å². The van der Waals surface area contributed by atoms with E-state index < -0.39 is 14.4 Å². The van der Waals surface area contributed by atoms with Crippen molar-refractivity contribution in [1.29, 1.82) is 0 Å². The summed E-state index contributed by atoms with van der Waals surface area (Å²) in [5.41, 5.74) is 0.735. The lowest BCUT2D eigenvalue weighted by molar-refractivity contribution is 0.186. The molecule has 1 aliphatic carbocycles. The van der Waals surface area contributed by atoms with E-state index in [-0.39, 0.29) is 22.6 Å². The van der Waals surface area contributed by atoms with Crippen LogP contribution < -0.4 is 15.7 Å². The van der Waals surface area contributed by atoms with E-state index in [2.05, 4.69) is 130 Å². The number of carbonyl (C=O) groups is 1. The Labute approximate surface area is 241 Å². The fraction of sp³-hybridized carbons (Fsp3) is 0.467. The van der Waals surface area contributed by atoms with E-state index >= 15 is 0 Å². The van der Waals surface area contributed by atoms with Crippen LogP contribution >= 0.6 is 22.6 Å². The largest absolute Gasteiger partial charge is 0.453 e. The maximum atomic E-state index is 12.1. The first-order valence-corrected chi connectivity index (χ1v) is 16.3. The standard InChI is InChI=1S/C30H40IN3O3Si/c1-29(2,3)34-27(32-28(35)36-7)25(31)26(33-34)21-18-19-22(20-21)37-38(30(4,5)6,23-14-10-8-11-15-23)24-16-12-9-13-17-24/h8-17,21-22H,18-20H2,1-7H3,(H,32,35)/t21-,22+/m0/s1. The van der Waals surface area contributed by atoms with Gasteiger partial charge in [0.1, 0.15) is 5.82 Å². The lowest BCUT2D eigenvalue weighted by atomic mass is 10.0. The van der Waals surface area contributed by atoms with Gasteiger partial charge >= 0.3 is 6.09 Å². The highest BCUT2D eigenvalue weighted by atomic mass is 127. The summed E-state index contributed by atoms with van der Waals surface area (Å²) >= 11 is 2.32. The highest BCUT2D eigenvalue weighted by Gasteiger charge is 2.52. The smallest absolute Gasteiger partial charge is 0.412 e. The molecule has 0 aliphatic heterocycles. The second-order valence-electron chi connectivity index (χ2n) is 12.2. The average molecular weight is 646 g/mol. The van der Waals surface area contributed by atoms with Crippen LogP contribution in [0, 0.1) is 3.57 Å². The lowest BCUT2D eigenvalue weighted by Gasteiger charge is -2.44. The molecular formula is C30H40IN3O3Si. The molecule has 2 atom stereocenters. The van der Waals surface area contributed by atoms with Crippen molar-refractivity contribution in [3.8, 4) is 0 Å². The number of aromatic nitrogens is 2. The Balaban J connectivity index is 1.70. The van der Waals surface area contributed by atoms with E-state index in [1.54, 1.807) is 0 Å². The molecule has 4 rings (SSSR count). The second-order valence-corrected chi connectivity index (χ2v) is 17.5. The molecule has 3 aromatic rings. The molecule has 0 spiro atoms. The van der Waals surface area contributed by atoms with E-state index in [4.69, 9.17) is 14.3 Å². The number of hydrogen-bond acceptors (Lipinski definition) is 4. The SMILES string of the molecule is COC(=O)Nc1c(I)c([C@H]2CC[C@@H](O[Si](c3ccccc3)(c3ccccc3)C(C)(C)C)C2)nn1C(C)(C)C. The van der Waals surface area contributed by atoms with Crippen molar-refractivity contribution in [3.63, 3.8) is 0 Å². The maximum Gasteiger partial charge on any atom is 0.412 e. The van der Waals surface area contributed by atoms with Crippen molar-refractivity contribution >= 4 is 53.2 Å². The lowest BCUT2D eigenvalue weighted by Crippen LogP contribution is -2.67. The van der Waals surface area contributed by atoms with Crippen molar-refractivity contribution < 1.29 is 14.0 Å². The number of anilines is 1. The van der Waals surface area contributed by atoms with Crippen LogP contribution in [0.15, 0.2) is 60.7 Å². The Morgan fingerprint density at radius 1 is 0.974 bits per heavy atom. The first-order valence-electron chi connectivity index (χ1n) is 13.3. The zero-order valence-corrected chi connectivity index (χ0v) is 26.7. The minimum absolute atomic E-state index is 0.0619. The topological polar surface area (TPSA) is 65.4 Å². The van der Waals surface area contributed by atoms with Crippen LogP contribution in [0.3, 0.4) is 0 Å². The first kappa shape index (κ1) is 28.8. The van der Waals surface area contributed by atoms with Crippen molar-refractivity contribution in [1.82, 2.24) is 9.78 Å². The molecule has 1 fully saturated rings. The zero-order chi connectivity index (χ0) is 27.7. The summed E-state index contributed by atoms with van der Waals surface area (Å²) in [6.07, 6.45) is 2.52. The van der Waals surface area contributed by atoms with Gasteiger partial charge in [-0.05, 0) is 78.0 Å². The van der Waals surface area contributed by atoms with Crippen molar-refractivity contribution in [2.24, 2.45) is 0 Å². The Bertz CT molecular complexity index is 1210. The predicted molar refractivity (Wildman–Crippen MR) is 165 cm³/mol. The Kier molecular flexibility index (Phi) is 8.45. The van der Waals surface area contributed by atoms with Gasteiger partial charge in [0.25, 0.3) is 8.32 Å². The highest BCUT2D eigenvalue weighted by Crippen LogP contribution is 2.44. The summed E-state index contributed by atoms with van der Waals surface area (Å²) in [7, 11) is -1.24. The Morgan fingerprint density at radius 3 is 2.00 bits per heavy atom. The molecule has 1 aliphatic rings. The maximum absolute atomic E-state index is 12.1. The number of nitrogens with one attached hydrogen (secondary N) is 1. The van der Waals surface area contributed by atoms with Crippen LogP contribution in [0.1, 0.15) is 72.4 Å². The summed E-state index contributed by atoms with van der Waals surface area (Å²) in [4.78, 5) is 12.1. The molecule has 0 bridgehead atoms. The van der Waals surface area contributed by atoms with Gasteiger partial charge in [-0.25, -0.2) is 9.48 Å². The first-order chi connectivity index (χ1) is 17.9. The number of halogens is 1. The van der Waals surface area contributed by atoms with Gasteiger partial charge in [0.2, 0.25) is 0 Å². The molecule has 1 amide bonds. The molecule has 2 aromatic carbocycles. The molecule has 0 radical (unpaired) electrons. The summed E-state index contributed by atoms with van der Waals surface area (Å²) in [6, 6.07) is 21.7. The number of nitrogens with zero attached hydrogens (tertiary/aromatic N) is 2.